The Labute approximate surface area is 191 Å². The lowest BCUT2D eigenvalue weighted by Gasteiger charge is -2.33. The molecule has 1 fully saturated rings. The number of aromatic nitrogens is 3. The van der Waals surface area contributed by atoms with Crippen LogP contribution in [0.15, 0.2) is 59.1 Å². The average Bonchev–Trinajstić information content (AvgIpc) is 3.50. The summed E-state index contributed by atoms with van der Waals surface area (Å²) in [5.74, 6) is -2.65. The van der Waals surface area contributed by atoms with Crippen molar-refractivity contribution in [3.05, 3.63) is 71.4 Å². The van der Waals surface area contributed by atoms with Crippen LogP contribution in [0.3, 0.4) is 0 Å². The molecule has 4 aromatic rings. The molecule has 4 heterocycles. The SMILES string of the molecule is O=C(c1cnn2c(-c3cccs3)ccnc12)N1CCN(S(=O)(=O)c2ccc(F)c(F)c2)CC1. The Morgan fingerprint density at radius 3 is 2.52 bits per heavy atom. The molecular formula is C21H17F2N5O3S2. The smallest absolute Gasteiger partial charge is 0.259 e. The van der Waals surface area contributed by atoms with Crippen molar-refractivity contribution in [2.75, 3.05) is 26.2 Å². The van der Waals surface area contributed by atoms with Crippen LogP contribution in [0.1, 0.15) is 10.4 Å². The molecule has 0 radical (unpaired) electrons. The third-order valence-electron chi connectivity index (χ3n) is 5.46. The fourth-order valence-corrected chi connectivity index (χ4v) is 5.91. The highest BCUT2D eigenvalue weighted by molar-refractivity contribution is 7.89. The molecular weight excluding hydrogens is 472 g/mol. The number of nitrogens with zero attached hydrogens (tertiary/aromatic N) is 5. The molecule has 170 valence electrons. The summed E-state index contributed by atoms with van der Waals surface area (Å²) in [5.41, 5.74) is 1.56. The molecule has 8 nitrogen and oxygen atoms in total. The number of fused-ring (bicyclic) bond motifs is 1. The van der Waals surface area contributed by atoms with E-state index in [1.54, 1.807) is 22.0 Å². The molecule has 1 amide bonds. The van der Waals surface area contributed by atoms with Gasteiger partial charge in [-0.3, -0.25) is 4.79 Å². The second-order valence-corrected chi connectivity index (χ2v) is 10.3. The van der Waals surface area contributed by atoms with E-state index in [1.165, 1.54) is 11.1 Å². The van der Waals surface area contributed by atoms with Crippen LogP contribution in [-0.4, -0.2) is 64.3 Å². The maximum Gasteiger partial charge on any atom is 0.259 e. The Hall–Kier alpha value is -3.22. The number of thiophene rings is 1. The monoisotopic (exact) mass is 489 g/mol. The first-order valence-electron chi connectivity index (χ1n) is 9.97. The average molecular weight is 490 g/mol. The summed E-state index contributed by atoms with van der Waals surface area (Å²) in [6, 6.07) is 8.18. The van der Waals surface area contributed by atoms with Crippen molar-refractivity contribution in [3.8, 4) is 10.6 Å². The predicted octanol–water partition coefficient (Wildman–Crippen LogP) is 2.88. The summed E-state index contributed by atoms with van der Waals surface area (Å²) in [5, 5.41) is 6.29. The van der Waals surface area contributed by atoms with E-state index in [1.807, 2.05) is 23.6 Å². The van der Waals surface area contributed by atoms with E-state index in [9.17, 15) is 22.0 Å². The van der Waals surface area contributed by atoms with Crippen LogP contribution in [0.5, 0.6) is 0 Å². The Balaban J connectivity index is 1.34. The zero-order chi connectivity index (χ0) is 23.2. The van der Waals surface area contributed by atoms with Gasteiger partial charge in [-0.15, -0.1) is 11.3 Å². The van der Waals surface area contributed by atoms with Crippen LogP contribution in [-0.2, 0) is 10.0 Å². The molecule has 1 aliphatic heterocycles. The van der Waals surface area contributed by atoms with Gasteiger partial charge in [0.1, 0.15) is 5.56 Å². The molecule has 12 heteroatoms. The number of carbonyl (C=O) groups is 1. The van der Waals surface area contributed by atoms with Crippen molar-refractivity contribution in [1.82, 2.24) is 23.8 Å². The number of rotatable bonds is 4. The van der Waals surface area contributed by atoms with Gasteiger partial charge in [-0.2, -0.15) is 9.40 Å². The van der Waals surface area contributed by atoms with Gasteiger partial charge in [0.05, 0.1) is 21.7 Å². The third-order valence-corrected chi connectivity index (χ3v) is 8.25. The van der Waals surface area contributed by atoms with Crippen molar-refractivity contribution in [2.45, 2.75) is 4.90 Å². The van der Waals surface area contributed by atoms with Crippen molar-refractivity contribution in [2.24, 2.45) is 0 Å². The fourth-order valence-electron chi connectivity index (χ4n) is 3.74. The van der Waals surface area contributed by atoms with Crippen molar-refractivity contribution in [1.29, 1.82) is 0 Å². The summed E-state index contributed by atoms with van der Waals surface area (Å²) in [7, 11) is -4.01. The minimum Gasteiger partial charge on any atom is -0.336 e. The van der Waals surface area contributed by atoms with Crippen LogP contribution < -0.4 is 0 Å². The molecule has 3 aromatic heterocycles. The van der Waals surface area contributed by atoms with Crippen LogP contribution in [0.2, 0.25) is 0 Å². The number of hydrogen-bond donors (Lipinski definition) is 0. The number of amides is 1. The summed E-state index contributed by atoms with van der Waals surface area (Å²) >= 11 is 1.55. The molecule has 0 saturated carbocycles. The molecule has 0 spiro atoms. The van der Waals surface area contributed by atoms with Gasteiger partial charge in [0, 0.05) is 32.4 Å². The van der Waals surface area contributed by atoms with Gasteiger partial charge < -0.3 is 4.90 Å². The largest absolute Gasteiger partial charge is 0.336 e. The second kappa shape index (κ2) is 8.28. The number of sulfonamides is 1. The van der Waals surface area contributed by atoms with Gasteiger partial charge in [0.2, 0.25) is 10.0 Å². The molecule has 0 aliphatic carbocycles. The first-order valence-corrected chi connectivity index (χ1v) is 12.3. The number of benzene rings is 1. The summed E-state index contributed by atoms with van der Waals surface area (Å²) in [4.78, 5) is 19.7. The zero-order valence-electron chi connectivity index (χ0n) is 17.1. The molecule has 5 rings (SSSR count). The Bertz CT molecular complexity index is 1450. The van der Waals surface area contributed by atoms with E-state index in [4.69, 9.17) is 0 Å². The Morgan fingerprint density at radius 1 is 1.03 bits per heavy atom. The second-order valence-electron chi connectivity index (χ2n) is 7.37. The number of carbonyl (C=O) groups excluding carboxylic acids is 1. The quantitative estimate of drug-likeness (QED) is 0.440. The molecule has 0 unspecified atom stereocenters. The van der Waals surface area contributed by atoms with Crippen LogP contribution in [0.4, 0.5) is 8.78 Å². The predicted molar refractivity (Wildman–Crippen MR) is 117 cm³/mol. The lowest BCUT2D eigenvalue weighted by molar-refractivity contribution is 0.0699. The normalized spacial score (nSPS) is 15.3. The summed E-state index contributed by atoms with van der Waals surface area (Å²) in [6.07, 6.45) is 3.08. The lowest BCUT2D eigenvalue weighted by atomic mass is 10.2. The Kier molecular flexibility index (Phi) is 5.43. The van der Waals surface area contributed by atoms with E-state index in [-0.39, 0.29) is 37.0 Å². The van der Waals surface area contributed by atoms with E-state index in [2.05, 4.69) is 10.1 Å². The van der Waals surface area contributed by atoms with Crippen LogP contribution >= 0.6 is 11.3 Å². The number of piperazine rings is 1. The highest BCUT2D eigenvalue weighted by Gasteiger charge is 2.32. The van der Waals surface area contributed by atoms with Crippen molar-refractivity contribution < 1.29 is 22.0 Å². The summed E-state index contributed by atoms with van der Waals surface area (Å²) in [6.45, 7) is 0.341. The highest BCUT2D eigenvalue weighted by Crippen LogP contribution is 2.26. The maximum atomic E-state index is 13.5. The van der Waals surface area contributed by atoms with Gasteiger partial charge in [-0.05, 0) is 35.7 Å². The van der Waals surface area contributed by atoms with Crippen LogP contribution in [0.25, 0.3) is 16.2 Å². The first-order chi connectivity index (χ1) is 15.9. The standard InChI is InChI=1S/C21H17F2N5O3S2/c22-16-4-3-14(12-17(16)23)33(30,31)27-9-7-26(8-10-27)21(29)15-13-25-28-18(5-6-24-20(15)28)19-2-1-11-32-19/h1-6,11-13H,7-10H2. The van der Waals surface area contributed by atoms with Gasteiger partial charge >= 0.3 is 0 Å². The van der Waals surface area contributed by atoms with Crippen molar-refractivity contribution in [3.63, 3.8) is 0 Å². The highest BCUT2D eigenvalue weighted by atomic mass is 32.2. The van der Waals surface area contributed by atoms with Gasteiger partial charge in [-0.25, -0.2) is 26.7 Å². The minimum atomic E-state index is -4.01. The number of hydrogen-bond acceptors (Lipinski definition) is 6. The molecule has 1 saturated heterocycles. The third kappa shape index (κ3) is 3.79. The maximum absolute atomic E-state index is 13.5. The zero-order valence-corrected chi connectivity index (χ0v) is 18.7. The number of halogens is 2. The van der Waals surface area contributed by atoms with E-state index in [0.29, 0.717) is 17.3 Å². The topological polar surface area (TPSA) is 87.9 Å². The molecule has 0 N–H and O–H groups in total. The molecule has 33 heavy (non-hydrogen) atoms. The van der Waals surface area contributed by atoms with E-state index in [0.717, 1.165) is 27.0 Å². The van der Waals surface area contributed by atoms with E-state index < -0.39 is 21.7 Å². The van der Waals surface area contributed by atoms with Crippen LogP contribution in [0, 0.1) is 11.6 Å². The Morgan fingerprint density at radius 2 is 1.82 bits per heavy atom. The van der Waals surface area contributed by atoms with Crippen molar-refractivity contribution >= 4 is 32.9 Å². The molecule has 1 aromatic carbocycles. The molecule has 0 atom stereocenters. The minimum absolute atomic E-state index is 0.0279. The first kappa shape index (κ1) is 21.6. The van der Waals surface area contributed by atoms with Gasteiger partial charge in [0.15, 0.2) is 17.3 Å². The van der Waals surface area contributed by atoms with Gasteiger partial charge in [-0.1, -0.05) is 6.07 Å². The molecule has 1 aliphatic rings. The van der Waals surface area contributed by atoms with Gasteiger partial charge in [0.25, 0.3) is 5.91 Å². The fraction of sp³-hybridized carbons (Fsp3) is 0.190. The van der Waals surface area contributed by atoms with E-state index >= 15 is 0 Å². The molecule has 0 bridgehead atoms. The lowest BCUT2D eigenvalue weighted by Crippen LogP contribution is -2.50. The summed E-state index contributed by atoms with van der Waals surface area (Å²) < 4.78 is 55.1.